The molecule has 0 radical (unpaired) electrons. The molecule has 1 fully saturated rings. The zero-order valence-corrected chi connectivity index (χ0v) is 5.69. The topological polar surface area (TPSA) is 58.9 Å². The Hall–Kier alpha value is -0.160. The van der Waals surface area contributed by atoms with Gasteiger partial charge in [0.15, 0.2) is 0 Å². The van der Waals surface area contributed by atoms with Gasteiger partial charge in [0.25, 0.3) is 0 Å². The lowest BCUT2D eigenvalue weighted by Crippen LogP contribution is -2.22. The summed E-state index contributed by atoms with van der Waals surface area (Å²) in [6.45, 7) is 0.877. The van der Waals surface area contributed by atoms with Crippen LogP contribution in [0.25, 0.3) is 0 Å². The first-order valence-electron chi connectivity index (χ1n) is 3.31. The molecule has 10 heavy (non-hydrogen) atoms. The molecule has 0 aromatic carbocycles. The summed E-state index contributed by atoms with van der Waals surface area (Å²) in [4.78, 5) is 0. The first-order chi connectivity index (χ1) is 4.83. The van der Waals surface area contributed by atoms with Crippen LogP contribution in [0.1, 0.15) is 0 Å². The van der Waals surface area contributed by atoms with E-state index in [9.17, 15) is 0 Å². The van der Waals surface area contributed by atoms with Gasteiger partial charge in [0, 0.05) is 0 Å². The third kappa shape index (κ3) is 2.22. The van der Waals surface area contributed by atoms with Crippen molar-refractivity contribution in [3.63, 3.8) is 0 Å². The van der Waals surface area contributed by atoms with Crippen molar-refractivity contribution < 1.29 is 19.7 Å². The molecule has 1 aliphatic heterocycles. The molecule has 0 aromatic heterocycles. The fourth-order valence-corrected chi connectivity index (χ4v) is 0.784. The number of ether oxygens (including phenoxy) is 2. The Morgan fingerprint density at radius 3 is 2.80 bits per heavy atom. The average Bonchev–Trinajstić information content (AvgIpc) is 2.14. The minimum absolute atomic E-state index is 0.0489. The Morgan fingerprint density at radius 2 is 2.10 bits per heavy atom. The van der Waals surface area contributed by atoms with Crippen LogP contribution in [0.4, 0.5) is 0 Å². The predicted molar refractivity (Wildman–Crippen MR) is 33.7 cm³/mol. The number of hydrogen-bond donors (Lipinski definition) is 2. The molecule has 0 spiro atoms. The third-order valence-corrected chi connectivity index (χ3v) is 1.34. The van der Waals surface area contributed by atoms with E-state index in [1.165, 1.54) is 0 Å². The van der Waals surface area contributed by atoms with Crippen LogP contribution in [0.3, 0.4) is 0 Å². The maximum absolute atomic E-state index is 8.97. The lowest BCUT2D eigenvalue weighted by molar-refractivity contribution is -0.0169. The highest BCUT2D eigenvalue weighted by molar-refractivity contribution is 4.62. The Bertz CT molecular complexity index is 95.7. The van der Waals surface area contributed by atoms with Crippen molar-refractivity contribution in [2.75, 3.05) is 26.4 Å². The number of aliphatic hydroxyl groups excluding tert-OH is 2. The van der Waals surface area contributed by atoms with Crippen molar-refractivity contribution in [3.8, 4) is 0 Å². The number of hydrogen-bond acceptors (Lipinski definition) is 4. The van der Waals surface area contributed by atoms with Gasteiger partial charge in [0.2, 0.25) is 0 Å². The minimum Gasteiger partial charge on any atom is -0.394 e. The fourth-order valence-electron chi connectivity index (χ4n) is 0.784. The van der Waals surface area contributed by atoms with E-state index in [2.05, 4.69) is 0 Å². The van der Waals surface area contributed by atoms with Gasteiger partial charge in [-0.15, -0.1) is 0 Å². The third-order valence-electron chi connectivity index (χ3n) is 1.34. The average molecular weight is 148 g/mol. The Kier molecular flexibility index (Phi) is 3.08. The first-order valence-corrected chi connectivity index (χ1v) is 3.31. The molecule has 2 atom stereocenters. The van der Waals surface area contributed by atoms with Crippen molar-refractivity contribution in [2.24, 2.45) is 0 Å². The van der Waals surface area contributed by atoms with Gasteiger partial charge in [0.05, 0.1) is 26.4 Å². The molecule has 4 heteroatoms. The van der Waals surface area contributed by atoms with Crippen molar-refractivity contribution in [1.29, 1.82) is 0 Å². The normalized spacial score (nSPS) is 35.4. The summed E-state index contributed by atoms with van der Waals surface area (Å²) in [6.07, 6.45) is -0.811. The van der Waals surface area contributed by atoms with E-state index in [1.54, 1.807) is 0 Å². The molecule has 60 valence electrons. The molecule has 0 saturated carbocycles. The summed E-state index contributed by atoms with van der Waals surface area (Å²) in [5.74, 6) is 0. The maximum Gasteiger partial charge on any atom is 0.104 e. The predicted octanol–water partition coefficient (Wildman–Crippen LogP) is -1.24. The molecule has 1 aliphatic rings. The highest BCUT2D eigenvalue weighted by Gasteiger charge is 2.16. The lowest BCUT2D eigenvalue weighted by Gasteiger charge is -2.09. The molecule has 1 saturated heterocycles. The molecule has 0 amide bonds. The second-order valence-electron chi connectivity index (χ2n) is 2.33. The van der Waals surface area contributed by atoms with Gasteiger partial charge < -0.3 is 19.7 Å². The Morgan fingerprint density at radius 1 is 1.30 bits per heavy atom. The molecule has 0 aromatic rings. The van der Waals surface area contributed by atoms with Gasteiger partial charge in [-0.05, 0) is 0 Å². The van der Waals surface area contributed by atoms with E-state index in [1.807, 2.05) is 0 Å². The van der Waals surface area contributed by atoms with Crippen LogP contribution < -0.4 is 0 Å². The van der Waals surface area contributed by atoms with E-state index in [0.717, 1.165) is 0 Å². The molecule has 1 rings (SSSR count). The number of rotatable bonds is 1. The largest absolute Gasteiger partial charge is 0.394 e. The van der Waals surface area contributed by atoms with Crippen molar-refractivity contribution in [1.82, 2.24) is 0 Å². The van der Waals surface area contributed by atoms with Gasteiger partial charge in [-0.25, -0.2) is 0 Å². The lowest BCUT2D eigenvalue weighted by atomic mass is 10.4. The maximum atomic E-state index is 8.97. The molecule has 2 N–H and O–H groups in total. The molecule has 0 aliphatic carbocycles. The van der Waals surface area contributed by atoms with Crippen LogP contribution in [-0.4, -0.2) is 48.8 Å². The van der Waals surface area contributed by atoms with Crippen LogP contribution >= 0.6 is 0 Å². The van der Waals surface area contributed by atoms with Crippen LogP contribution in [-0.2, 0) is 9.47 Å². The zero-order valence-electron chi connectivity index (χ0n) is 5.69. The molecule has 4 nitrogen and oxygen atoms in total. The monoisotopic (exact) mass is 148 g/mol. The molecular weight excluding hydrogens is 136 g/mol. The van der Waals surface area contributed by atoms with Crippen LogP contribution in [0.15, 0.2) is 0 Å². The van der Waals surface area contributed by atoms with Gasteiger partial charge in [-0.1, -0.05) is 0 Å². The van der Waals surface area contributed by atoms with Crippen molar-refractivity contribution in [3.05, 3.63) is 0 Å². The van der Waals surface area contributed by atoms with Gasteiger partial charge in [-0.2, -0.15) is 0 Å². The summed E-state index contributed by atoms with van der Waals surface area (Å²) in [5.41, 5.74) is 0. The SMILES string of the molecule is OC[C@@H]1COC[C@H](O)CO1. The van der Waals surface area contributed by atoms with Gasteiger partial charge >= 0.3 is 0 Å². The van der Waals surface area contributed by atoms with Gasteiger partial charge in [0.1, 0.15) is 12.2 Å². The second-order valence-corrected chi connectivity index (χ2v) is 2.33. The Labute approximate surface area is 59.4 Å². The fraction of sp³-hybridized carbons (Fsp3) is 1.00. The smallest absolute Gasteiger partial charge is 0.104 e. The molecular formula is C6H12O4. The zero-order chi connectivity index (χ0) is 7.40. The Balaban J connectivity index is 2.26. The second kappa shape index (κ2) is 3.88. The molecule has 0 bridgehead atoms. The quantitative estimate of drug-likeness (QED) is 0.488. The summed E-state index contributed by atoms with van der Waals surface area (Å²) in [6, 6.07) is 0. The van der Waals surface area contributed by atoms with E-state index in [0.29, 0.717) is 13.2 Å². The molecule has 0 unspecified atom stereocenters. The molecule has 1 heterocycles. The minimum atomic E-state index is -0.545. The summed E-state index contributed by atoms with van der Waals surface area (Å²) < 4.78 is 10.0. The van der Waals surface area contributed by atoms with Crippen LogP contribution in [0.5, 0.6) is 0 Å². The van der Waals surface area contributed by atoms with E-state index < -0.39 is 6.10 Å². The van der Waals surface area contributed by atoms with E-state index >= 15 is 0 Å². The summed E-state index contributed by atoms with van der Waals surface area (Å²) >= 11 is 0. The van der Waals surface area contributed by atoms with Gasteiger partial charge in [-0.3, -0.25) is 0 Å². The van der Waals surface area contributed by atoms with E-state index in [4.69, 9.17) is 19.7 Å². The number of aliphatic hydroxyl groups is 2. The van der Waals surface area contributed by atoms with E-state index in [-0.39, 0.29) is 19.3 Å². The highest BCUT2D eigenvalue weighted by atomic mass is 16.6. The van der Waals surface area contributed by atoms with Crippen molar-refractivity contribution in [2.45, 2.75) is 12.2 Å². The van der Waals surface area contributed by atoms with Crippen LogP contribution in [0.2, 0.25) is 0 Å². The van der Waals surface area contributed by atoms with Crippen LogP contribution in [0, 0.1) is 0 Å². The highest BCUT2D eigenvalue weighted by Crippen LogP contribution is 2.00. The van der Waals surface area contributed by atoms with Crippen molar-refractivity contribution >= 4 is 0 Å². The summed E-state index contributed by atoms with van der Waals surface area (Å²) in [7, 11) is 0. The summed E-state index contributed by atoms with van der Waals surface area (Å²) in [5, 5.41) is 17.6. The standard InChI is InChI=1S/C6H12O4/c7-1-6-4-9-2-5(8)3-10-6/h5-8H,1-4H2/t5-,6+/m0/s1. The first kappa shape index (κ1) is 7.94.